The average molecular weight is 381 g/mol. The molecule has 0 N–H and O–H groups in total. The number of ether oxygens (including phenoxy) is 2. The zero-order chi connectivity index (χ0) is 19.7. The Morgan fingerprint density at radius 2 is 1.64 bits per heavy atom. The van der Waals surface area contributed by atoms with Crippen LogP contribution < -0.4 is 9.47 Å². The van der Waals surface area contributed by atoms with Crippen molar-refractivity contribution in [2.45, 2.75) is 31.8 Å². The summed E-state index contributed by atoms with van der Waals surface area (Å²) in [7, 11) is 1.52. The minimum Gasteiger partial charge on any atom is -0.497 e. The number of hydroxylamine groups is 2. The molecule has 0 unspecified atom stereocenters. The van der Waals surface area contributed by atoms with Crippen molar-refractivity contribution in [3.8, 4) is 11.5 Å². The number of hydrogen-bond acceptors (Lipinski definition) is 6. The van der Waals surface area contributed by atoms with Gasteiger partial charge in [-0.3, -0.25) is 9.59 Å². The molecule has 2 aliphatic rings. The van der Waals surface area contributed by atoms with Crippen molar-refractivity contribution >= 4 is 17.8 Å². The highest BCUT2D eigenvalue weighted by Gasteiger charge is 2.39. The van der Waals surface area contributed by atoms with Gasteiger partial charge in [0.2, 0.25) is 0 Å². The van der Waals surface area contributed by atoms with Gasteiger partial charge in [0, 0.05) is 6.07 Å². The molecule has 1 heterocycles. The molecule has 0 radical (unpaired) electrons. The van der Waals surface area contributed by atoms with E-state index in [0.717, 1.165) is 25.7 Å². The average Bonchev–Trinajstić information content (AvgIpc) is 3.31. The highest BCUT2D eigenvalue weighted by atomic mass is 16.7. The Bertz CT molecular complexity index is 913. The standard InChI is InChI=1S/C21H19NO6/c1-26-14-10-11-17(18(12-14)27-13-6-2-3-7-13)21(25)28-22-19(23)15-8-4-5-9-16(15)20(22)24/h4-5,8-13H,2-3,6-7H2,1H3. The fraction of sp³-hybridized carbons (Fsp3) is 0.286. The summed E-state index contributed by atoms with van der Waals surface area (Å²) in [6, 6.07) is 11.0. The van der Waals surface area contributed by atoms with Gasteiger partial charge in [-0.1, -0.05) is 17.2 Å². The molecule has 0 saturated heterocycles. The van der Waals surface area contributed by atoms with Crippen LogP contribution in [0.1, 0.15) is 56.8 Å². The molecule has 1 fully saturated rings. The Kier molecular flexibility index (Phi) is 4.73. The zero-order valence-electron chi connectivity index (χ0n) is 15.3. The van der Waals surface area contributed by atoms with E-state index in [4.69, 9.17) is 14.3 Å². The Hall–Kier alpha value is -3.35. The first-order chi connectivity index (χ1) is 13.6. The lowest BCUT2D eigenvalue weighted by atomic mass is 10.1. The largest absolute Gasteiger partial charge is 0.497 e. The van der Waals surface area contributed by atoms with Crippen molar-refractivity contribution < 1.29 is 28.7 Å². The van der Waals surface area contributed by atoms with Crippen molar-refractivity contribution in [1.82, 2.24) is 5.06 Å². The number of carbonyl (C=O) groups is 3. The summed E-state index contributed by atoms with van der Waals surface area (Å²) in [5.74, 6) is -1.33. The summed E-state index contributed by atoms with van der Waals surface area (Å²) < 4.78 is 11.2. The van der Waals surface area contributed by atoms with Gasteiger partial charge in [0.1, 0.15) is 17.1 Å². The lowest BCUT2D eigenvalue weighted by molar-refractivity contribution is -0.0587. The van der Waals surface area contributed by atoms with Gasteiger partial charge >= 0.3 is 5.97 Å². The second-order valence-electron chi connectivity index (χ2n) is 6.72. The first-order valence-electron chi connectivity index (χ1n) is 9.13. The minimum absolute atomic E-state index is 0.0120. The van der Waals surface area contributed by atoms with Crippen LogP contribution in [0.2, 0.25) is 0 Å². The van der Waals surface area contributed by atoms with Crippen LogP contribution in [-0.2, 0) is 4.84 Å². The fourth-order valence-electron chi connectivity index (χ4n) is 3.46. The molecule has 4 rings (SSSR count). The molecular weight excluding hydrogens is 362 g/mol. The minimum atomic E-state index is -0.842. The van der Waals surface area contributed by atoms with Crippen LogP contribution in [0.5, 0.6) is 11.5 Å². The third kappa shape index (κ3) is 3.19. The molecule has 0 aromatic heterocycles. The second kappa shape index (κ2) is 7.34. The number of amides is 2. The second-order valence-corrected chi connectivity index (χ2v) is 6.72. The molecule has 0 atom stereocenters. The van der Waals surface area contributed by atoms with Gasteiger partial charge in [0.05, 0.1) is 24.3 Å². The summed E-state index contributed by atoms with van der Waals surface area (Å²) in [4.78, 5) is 42.7. The van der Waals surface area contributed by atoms with Crippen molar-refractivity contribution in [2.75, 3.05) is 7.11 Å². The van der Waals surface area contributed by atoms with Crippen LogP contribution >= 0.6 is 0 Å². The molecule has 144 valence electrons. The van der Waals surface area contributed by atoms with Crippen molar-refractivity contribution in [3.63, 3.8) is 0 Å². The smallest absolute Gasteiger partial charge is 0.367 e. The summed E-state index contributed by atoms with van der Waals surface area (Å²) in [5.41, 5.74) is 0.541. The van der Waals surface area contributed by atoms with E-state index in [1.807, 2.05) is 0 Å². The molecule has 7 nitrogen and oxygen atoms in total. The summed E-state index contributed by atoms with van der Waals surface area (Å²) in [6.07, 6.45) is 3.97. The monoisotopic (exact) mass is 381 g/mol. The van der Waals surface area contributed by atoms with Crippen LogP contribution in [0.25, 0.3) is 0 Å². The summed E-state index contributed by atoms with van der Waals surface area (Å²) >= 11 is 0. The van der Waals surface area contributed by atoms with Crippen molar-refractivity contribution in [1.29, 1.82) is 0 Å². The van der Waals surface area contributed by atoms with E-state index in [-0.39, 0.29) is 22.8 Å². The quantitative estimate of drug-likeness (QED) is 0.739. The molecular formula is C21H19NO6. The SMILES string of the molecule is COc1ccc(C(=O)ON2C(=O)c3ccccc3C2=O)c(OC2CCCC2)c1. The molecule has 1 aliphatic heterocycles. The topological polar surface area (TPSA) is 82.1 Å². The Balaban J connectivity index is 1.58. The van der Waals surface area contributed by atoms with Gasteiger partial charge in [-0.05, 0) is 49.9 Å². The first kappa shape index (κ1) is 18.0. The molecule has 1 aliphatic carbocycles. The van der Waals surface area contributed by atoms with E-state index in [2.05, 4.69) is 0 Å². The normalized spacial score (nSPS) is 16.2. The number of hydrogen-bond donors (Lipinski definition) is 0. The molecule has 0 spiro atoms. The van der Waals surface area contributed by atoms with Gasteiger partial charge < -0.3 is 14.3 Å². The molecule has 0 bridgehead atoms. The predicted molar refractivity (Wildman–Crippen MR) is 98.2 cm³/mol. The maximum absolute atomic E-state index is 12.7. The first-order valence-corrected chi connectivity index (χ1v) is 9.13. The Morgan fingerprint density at radius 1 is 1.00 bits per heavy atom. The molecule has 1 saturated carbocycles. The maximum atomic E-state index is 12.7. The summed E-state index contributed by atoms with van der Waals surface area (Å²) in [5, 5.41) is 0.497. The molecule has 2 amide bonds. The van der Waals surface area contributed by atoms with E-state index in [9.17, 15) is 14.4 Å². The van der Waals surface area contributed by atoms with Crippen LogP contribution in [0.4, 0.5) is 0 Å². The van der Waals surface area contributed by atoms with Gasteiger partial charge in [-0.2, -0.15) is 0 Å². The summed E-state index contributed by atoms with van der Waals surface area (Å²) in [6.45, 7) is 0. The number of fused-ring (bicyclic) bond motifs is 1. The number of carbonyl (C=O) groups excluding carboxylic acids is 3. The molecule has 7 heteroatoms. The number of nitrogens with zero attached hydrogens (tertiary/aromatic N) is 1. The third-order valence-corrected chi connectivity index (χ3v) is 4.94. The molecule has 28 heavy (non-hydrogen) atoms. The van der Waals surface area contributed by atoms with E-state index < -0.39 is 17.8 Å². The number of methoxy groups -OCH3 is 1. The van der Waals surface area contributed by atoms with Crippen molar-refractivity contribution in [3.05, 3.63) is 59.2 Å². The maximum Gasteiger partial charge on any atom is 0.367 e. The van der Waals surface area contributed by atoms with E-state index >= 15 is 0 Å². The van der Waals surface area contributed by atoms with Gasteiger partial charge in [-0.15, -0.1) is 0 Å². The van der Waals surface area contributed by atoms with Gasteiger partial charge in [0.15, 0.2) is 0 Å². The van der Waals surface area contributed by atoms with Crippen LogP contribution in [0, 0.1) is 0 Å². The third-order valence-electron chi connectivity index (χ3n) is 4.94. The number of imide groups is 1. The Morgan fingerprint density at radius 3 is 2.25 bits per heavy atom. The number of benzene rings is 2. The number of rotatable bonds is 5. The van der Waals surface area contributed by atoms with E-state index in [1.54, 1.807) is 24.3 Å². The highest BCUT2D eigenvalue weighted by molar-refractivity contribution is 6.21. The van der Waals surface area contributed by atoms with E-state index in [0.29, 0.717) is 16.6 Å². The highest BCUT2D eigenvalue weighted by Crippen LogP contribution is 2.31. The lowest BCUT2D eigenvalue weighted by Gasteiger charge is -2.18. The fourth-order valence-corrected chi connectivity index (χ4v) is 3.46. The van der Waals surface area contributed by atoms with E-state index in [1.165, 1.54) is 25.3 Å². The zero-order valence-corrected chi connectivity index (χ0v) is 15.3. The van der Waals surface area contributed by atoms with Gasteiger partial charge in [-0.25, -0.2) is 4.79 Å². The predicted octanol–water partition coefficient (Wildman–Crippen LogP) is 3.38. The Labute approximate surface area is 161 Å². The molecule has 2 aromatic rings. The lowest BCUT2D eigenvalue weighted by Crippen LogP contribution is -2.33. The van der Waals surface area contributed by atoms with Gasteiger partial charge in [0.25, 0.3) is 11.8 Å². The van der Waals surface area contributed by atoms with Crippen LogP contribution in [0.15, 0.2) is 42.5 Å². The van der Waals surface area contributed by atoms with Crippen molar-refractivity contribution in [2.24, 2.45) is 0 Å². The van der Waals surface area contributed by atoms with Crippen LogP contribution in [-0.4, -0.2) is 36.1 Å². The molecule has 2 aromatic carbocycles. The van der Waals surface area contributed by atoms with Crippen LogP contribution in [0.3, 0.4) is 0 Å².